The smallest absolute Gasteiger partial charge is 0.224 e. The second-order valence-electron chi connectivity index (χ2n) is 4.32. The third-order valence-electron chi connectivity index (χ3n) is 3.13. The molecule has 0 unspecified atom stereocenters. The second kappa shape index (κ2) is 6.07. The van der Waals surface area contributed by atoms with Crippen LogP contribution in [0.15, 0.2) is 24.3 Å². The molecule has 2 rings (SSSR count). The number of carbonyl (C=O) groups is 1. The SMILES string of the molecule is O=C1CCN(c2cccc(Cl)c2)CCN1CCO. The molecule has 0 aliphatic carbocycles. The van der Waals surface area contributed by atoms with Crippen LogP contribution < -0.4 is 4.90 Å². The van der Waals surface area contributed by atoms with Crippen LogP contribution in [0.4, 0.5) is 5.69 Å². The molecule has 98 valence electrons. The first kappa shape index (κ1) is 13.2. The highest BCUT2D eigenvalue weighted by Gasteiger charge is 2.20. The number of carbonyl (C=O) groups excluding carboxylic acids is 1. The van der Waals surface area contributed by atoms with Crippen LogP contribution in [-0.4, -0.2) is 48.7 Å². The molecule has 1 saturated heterocycles. The number of aliphatic hydroxyl groups is 1. The highest BCUT2D eigenvalue weighted by atomic mass is 35.5. The minimum absolute atomic E-state index is 0.0168. The zero-order valence-corrected chi connectivity index (χ0v) is 10.9. The van der Waals surface area contributed by atoms with E-state index < -0.39 is 0 Å². The Kier molecular flexibility index (Phi) is 4.44. The Morgan fingerprint density at radius 2 is 2.11 bits per heavy atom. The fourth-order valence-corrected chi connectivity index (χ4v) is 2.34. The van der Waals surface area contributed by atoms with E-state index in [-0.39, 0.29) is 12.5 Å². The highest BCUT2D eigenvalue weighted by Crippen LogP contribution is 2.20. The Bertz CT molecular complexity index is 425. The molecule has 5 heteroatoms. The fourth-order valence-electron chi connectivity index (χ4n) is 2.15. The number of halogens is 1. The number of amides is 1. The monoisotopic (exact) mass is 268 g/mol. The molecule has 1 aliphatic rings. The van der Waals surface area contributed by atoms with E-state index in [0.29, 0.717) is 31.1 Å². The lowest BCUT2D eigenvalue weighted by Crippen LogP contribution is -2.35. The van der Waals surface area contributed by atoms with Crippen LogP contribution >= 0.6 is 11.6 Å². The molecule has 0 saturated carbocycles. The Morgan fingerprint density at radius 3 is 2.83 bits per heavy atom. The predicted molar refractivity (Wildman–Crippen MR) is 71.9 cm³/mol. The number of hydrogen-bond acceptors (Lipinski definition) is 3. The van der Waals surface area contributed by atoms with Gasteiger partial charge in [-0.15, -0.1) is 0 Å². The molecular weight excluding hydrogens is 252 g/mol. The molecule has 0 bridgehead atoms. The number of hydrogen-bond donors (Lipinski definition) is 1. The van der Waals surface area contributed by atoms with E-state index in [4.69, 9.17) is 16.7 Å². The molecule has 1 fully saturated rings. The van der Waals surface area contributed by atoms with Gasteiger partial charge in [0.25, 0.3) is 0 Å². The van der Waals surface area contributed by atoms with E-state index in [1.807, 2.05) is 24.3 Å². The van der Waals surface area contributed by atoms with E-state index in [1.165, 1.54) is 0 Å². The van der Waals surface area contributed by atoms with E-state index in [0.717, 1.165) is 12.2 Å². The molecule has 0 spiro atoms. The Hall–Kier alpha value is -1.26. The van der Waals surface area contributed by atoms with Crippen LogP contribution in [0.1, 0.15) is 6.42 Å². The molecule has 1 aliphatic heterocycles. The molecule has 4 nitrogen and oxygen atoms in total. The van der Waals surface area contributed by atoms with E-state index >= 15 is 0 Å². The Labute approximate surface area is 112 Å². The van der Waals surface area contributed by atoms with Crippen molar-refractivity contribution < 1.29 is 9.90 Å². The summed E-state index contributed by atoms with van der Waals surface area (Å²) in [4.78, 5) is 15.7. The maximum Gasteiger partial charge on any atom is 0.224 e. The van der Waals surface area contributed by atoms with Gasteiger partial charge in [-0.1, -0.05) is 17.7 Å². The molecular formula is C13H17ClN2O2. The molecule has 0 radical (unpaired) electrons. The van der Waals surface area contributed by atoms with Crippen LogP contribution in [0.25, 0.3) is 0 Å². The quantitative estimate of drug-likeness (QED) is 0.901. The summed E-state index contributed by atoms with van der Waals surface area (Å²) in [7, 11) is 0. The molecule has 1 N–H and O–H groups in total. The maximum atomic E-state index is 11.8. The van der Waals surface area contributed by atoms with Crippen LogP contribution in [0.3, 0.4) is 0 Å². The summed E-state index contributed by atoms with van der Waals surface area (Å²) in [6.07, 6.45) is 0.479. The van der Waals surface area contributed by atoms with Crippen molar-refractivity contribution in [1.29, 1.82) is 0 Å². The summed E-state index contributed by atoms with van der Waals surface area (Å²) in [6, 6.07) is 7.66. The van der Waals surface area contributed by atoms with Crippen LogP contribution in [0.2, 0.25) is 5.02 Å². The van der Waals surface area contributed by atoms with Gasteiger partial charge in [0.15, 0.2) is 0 Å². The number of nitrogens with zero attached hydrogens (tertiary/aromatic N) is 2. The summed E-state index contributed by atoms with van der Waals surface area (Å²) in [5, 5.41) is 9.63. The summed E-state index contributed by atoms with van der Waals surface area (Å²) >= 11 is 5.97. The van der Waals surface area contributed by atoms with Gasteiger partial charge in [0.05, 0.1) is 6.61 Å². The largest absolute Gasteiger partial charge is 0.395 e. The van der Waals surface area contributed by atoms with Gasteiger partial charge >= 0.3 is 0 Å². The minimum Gasteiger partial charge on any atom is -0.395 e. The zero-order chi connectivity index (χ0) is 13.0. The van der Waals surface area contributed by atoms with Crippen LogP contribution in [0.5, 0.6) is 0 Å². The van der Waals surface area contributed by atoms with Crippen molar-refractivity contribution in [3.63, 3.8) is 0 Å². The lowest BCUT2D eigenvalue weighted by atomic mass is 10.2. The van der Waals surface area contributed by atoms with Crippen molar-refractivity contribution in [3.8, 4) is 0 Å². The second-order valence-corrected chi connectivity index (χ2v) is 4.76. The number of aliphatic hydroxyl groups excluding tert-OH is 1. The van der Waals surface area contributed by atoms with E-state index in [1.54, 1.807) is 4.90 Å². The van der Waals surface area contributed by atoms with Crippen LogP contribution in [0, 0.1) is 0 Å². The average molecular weight is 269 g/mol. The zero-order valence-electron chi connectivity index (χ0n) is 10.2. The van der Waals surface area contributed by atoms with Crippen LogP contribution in [-0.2, 0) is 4.79 Å². The molecule has 0 atom stereocenters. The van der Waals surface area contributed by atoms with Crippen molar-refractivity contribution in [1.82, 2.24) is 4.90 Å². The molecule has 1 aromatic carbocycles. The van der Waals surface area contributed by atoms with Gasteiger partial charge in [-0.05, 0) is 18.2 Å². The standard InChI is InChI=1S/C13H17ClN2O2/c14-11-2-1-3-12(10-11)15-5-4-13(18)16(7-6-15)8-9-17/h1-3,10,17H,4-9H2. The maximum absolute atomic E-state index is 11.8. The normalized spacial score (nSPS) is 16.9. The topological polar surface area (TPSA) is 43.8 Å². The number of rotatable bonds is 3. The van der Waals surface area contributed by atoms with E-state index in [2.05, 4.69) is 4.90 Å². The van der Waals surface area contributed by atoms with Gasteiger partial charge in [-0.2, -0.15) is 0 Å². The van der Waals surface area contributed by atoms with Gasteiger partial charge in [0, 0.05) is 43.3 Å². The lowest BCUT2D eigenvalue weighted by molar-refractivity contribution is -0.130. The van der Waals surface area contributed by atoms with Crippen molar-refractivity contribution >= 4 is 23.2 Å². The summed E-state index contributed by atoms with van der Waals surface area (Å²) in [5.74, 6) is 0.105. The van der Waals surface area contributed by atoms with Gasteiger partial charge in [-0.3, -0.25) is 4.79 Å². The van der Waals surface area contributed by atoms with Crippen molar-refractivity contribution in [2.75, 3.05) is 37.7 Å². The first-order chi connectivity index (χ1) is 8.70. The lowest BCUT2D eigenvalue weighted by Gasteiger charge is -2.23. The van der Waals surface area contributed by atoms with E-state index in [9.17, 15) is 4.79 Å². The predicted octanol–water partition coefficient (Wildman–Crippen LogP) is 1.37. The summed E-state index contributed by atoms with van der Waals surface area (Å²) < 4.78 is 0. The first-order valence-corrected chi connectivity index (χ1v) is 6.47. The van der Waals surface area contributed by atoms with Gasteiger partial charge < -0.3 is 14.9 Å². The summed E-state index contributed by atoms with van der Waals surface area (Å²) in [5.41, 5.74) is 1.04. The number of benzene rings is 1. The van der Waals surface area contributed by atoms with Gasteiger partial charge in [-0.25, -0.2) is 0 Å². The number of β-amino-alcohol motifs (C(OH)–C–C–N with tert-alkyl or cyclic N) is 1. The average Bonchev–Trinajstić information content (AvgIpc) is 2.53. The van der Waals surface area contributed by atoms with Crippen molar-refractivity contribution in [3.05, 3.63) is 29.3 Å². The third kappa shape index (κ3) is 3.15. The Morgan fingerprint density at radius 1 is 1.28 bits per heavy atom. The van der Waals surface area contributed by atoms with Gasteiger partial charge in [0.1, 0.15) is 0 Å². The minimum atomic E-state index is 0.0168. The summed E-state index contributed by atoms with van der Waals surface area (Å²) in [6.45, 7) is 2.55. The Balaban J connectivity index is 2.06. The fraction of sp³-hybridized carbons (Fsp3) is 0.462. The molecule has 1 amide bonds. The molecule has 1 heterocycles. The van der Waals surface area contributed by atoms with Crippen molar-refractivity contribution in [2.24, 2.45) is 0 Å². The molecule has 18 heavy (non-hydrogen) atoms. The van der Waals surface area contributed by atoms with Gasteiger partial charge in [0.2, 0.25) is 5.91 Å². The first-order valence-electron chi connectivity index (χ1n) is 6.10. The molecule has 0 aromatic heterocycles. The highest BCUT2D eigenvalue weighted by molar-refractivity contribution is 6.30. The van der Waals surface area contributed by atoms with Crippen molar-refractivity contribution in [2.45, 2.75) is 6.42 Å². The third-order valence-corrected chi connectivity index (χ3v) is 3.37. The molecule has 1 aromatic rings. The number of anilines is 1.